The zero-order valence-electron chi connectivity index (χ0n) is 11.3. The predicted molar refractivity (Wildman–Crippen MR) is 76.6 cm³/mol. The fourth-order valence-corrected chi connectivity index (χ4v) is 2.75. The molecule has 0 spiro atoms. The summed E-state index contributed by atoms with van der Waals surface area (Å²) < 4.78 is 25.5. The highest BCUT2D eigenvalue weighted by Crippen LogP contribution is 2.12. The summed E-state index contributed by atoms with van der Waals surface area (Å²) in [5.41, 5.74) is 2.28. The van der Waals surface area contributed by atoms with Crippen LogP contribution in [-0.4, -0.2) is 34.8 Å². The van der Waals surface area contributed by atoms with Gasteiger partial charge in [0, 0.05) is 26.3 Å². The third-order valence-electron chi connectivity index (χ3n) is 2.66. The van der Waals surface area contributed by atoms with E-state index in [-0.39, 0.29) is 5.75 Å². The number of sulfonamides is 1. The minimum atomic E-state index is -3.08. The molecule has 0 aliphatic rings. The summed E-state index contributed by atoms with van der Waals surface area (Å²) in [5.74, 6) is 0.201. The molecule has 0 saturated heterocycles. The van der Waals surface area contributed by atoms with Gasteiger partial charge in [0.1, 0.15) is 0 Å². The van der Waals surface area contributed by atoms with Gasteiger partial charge in [-0.2, -0.15) is 0 Å². The Morgan fingerprint density at radius 3 is 2.28 bits per heavy atom. The molecule has 0 aliphatic carbocycles. The number of nitrogens with zero attached hydrogens (tertiary/aromatic N) is 1. The Morgan fingerprint density at radius 1 is 1.17 bits per heavy atom. The molecule has 0 unspecified atom stereocenters. The molecule has 1 aromatic rings. The SMILES string of the molecule is CCCS(=O)(=O)NCCc1ccc(N(C)C)cc1. The van der Waals surface area contributed by atoms with Crippen LogP contribution in [0, 0.1) is 0 Å². The van der Waals surface area contributed by atoms with E-state index in [0.717, 1.165) is 17.7 Å². The second kappa shape index (κ2) is 6.75. The molecule has 0 saturated carbocycles. The molecule has 5 heteroatoms. The number of hydrogen-bond donors (Lipinski definition) is 1. The Kier molecular flexibility index (Phi) is 5.62. The van der Waals surface area contributed by atoms with E-state index in [2.05, 4.69) is 4.72 Å². The van der Waals surface area contributed by atoms with Crippen molar-refractivity contribution in [2.24, 2.45) is 0 Å². The molecule has 4 nitrogen and oxygen atoms in total. The van der Waals surface area contributed by atoms with E-state index in [1.54, 1.807) is 0 Å². The van der Waals surface area contributed by atoms with Crippen molar-refractivity contribution >= 4 is 15.7 Å². The van der Waals surface area contributed by atoms with Crippen molar-refractivity contribution in [3.8, 4) is 0 Å². The molecule has 1 N–H and O–H groups in total. The van der Waals surface area contributed by atoms with Crippen LogP contribution in [-0.2, 0) is 16.4 Å². The summed E-state index contributed by atoms with van der Waals surface area (Å²) in [6.07, 6.45) is 1.36. The first kappa shape index (κ1) is 15.0. The van der Waals surface area contributed by atoms with E-state index in [1.165, 1.54) is 0 Å². The number of hydrogen-bond acceptors (Lipinski definition) is 3. The van der Waals surface area contributed by atoms with Crippen molar-refractivity contribution in [1.82, 2.24) is 4.72 Å². The zero-order valence-corrected chi connectivity index (χ0v) is 12.1. The average molecular weight is 270 g/mol. The highest BCUT2D eigenvalue weighted by Gasteiger charge is 2.07. The minimum Gasteiger partial charge on any atom is -0.378 e. The van der Waals surface area contributed by atoms with E-state index in [0.29, 0.717) is 13.0 Å². The van der Waals surface area contributed by atoms with Crippen molar-refractivity contribution in [3.63, 3.8) is 0 Å². The first-order chi connectivity index (χ1) is 8.44. The molecule has 0 bridgehead atoms. The summed E-state index contributed by atoms with van der Waals surface area (Å²) in [5, 5.41) is 0. The van der Waals surface area contributed by atoms with Crippen LogP contribution in [0.15, 0.2) is 24.3 Å². The molecule has 1 aromatic carbocycles. The first-order valence-electron chi connectivity index (χ1n) is 6.18. The Bertz CT molecular complexity index is 452. The van der Waals surface area contributed by atoms with Gasteiger partial charge < -0.3 is 4.90 Å². The van der Waals surface area contributed by atoms with Crippen molar-refractivity contribution < 1.29 is 8.42 Å². The molecule has 18 heavy (non-hydrogen) atoms. The predicted octanol–water partition coefficient (Wildman–Crippen LogP) is 1.62. The van der Waals surface area contributed by atoms with Crippen molar-refractivity contribution in [2.45, 2.75) is 19.8 Å². The molecule has 0 amide bonds. The van der Waals surface area contributed by atoms with E-state index >= 15 is 0 Å². The summed E-state index contributed by atoms with van der Waals surface area (Å²) >= 11 is 0. The highest BCUT2D eigenvalue weighted by molar-refractivity contribution is 7.89. The lowest BCUT2D eigenvalue weighted by molar-refractivity contribution is 0.580. The Hall–Kier alpha value is -1.07. The van der Waals surface area contributed by atoms with Crippen LogP contribution in [0.25, 0.3) is 0 Å². The fourth-order valence-electron chi connectivity index (χ4n) is 1.65. The highest BCUT2D eigenvalue weighted by atomic mass is 32.2. The summed E-state index contributed by atoms with van der Waals surface area (Å²) in [4.78, 5) is 2.04. The lowest BCUT2D eigenvalue weighted by atomic mass is 10.1. The Labute approximate surface area is 110 Å². The van der Waals surface area contributed by atoms with Gasteiger partial charge in [0.15, 0.2) is 0 Å². The van der Waals surface area contributed by atoms with E-state index in [4.69, 9.17) is 0 Å². The zero-order chi connectivity index (χ0) is 13.6. The van der Waals surface area contributed by atoms with E-state index in [9.17, 15) is 8.42 Å². The monoisotopic (exact) mass is 270 g/mol. The van der Waals surface area contributed by atoms with Crippen LogP contribution in [0.5, 0.6) is 0 Å². The molecule has 0 aromatic heterocycles. The molecule has 0 atom stereocenters. The average Bonchev–Trinajstić information content (AvgIpc) is 2.29. The molecule has 0 heterocycles. The maximum absolute atomic E-state index is 11.4. The van der Waals surface area contributed by atoms with Crippen molar-refractivity contribution in [3.05, 3.63) is 29.8 Å². The molecular formula is C13H22N2O2S. The van der Waals surface area contributed by atoms with Crippen LogP contribution in [0.4, 0.5) is 5.69 Å². The van der Waals surface area contributed by atoms with Gasteiger partial charge in [-0.3, -0.25) is 0 Å². The number of rotatable bonds is 7. The van der Waals surface area contributed by atoms with Crippen LogP contribution in [0.1, 0.15) is 18.9 Å². The van der Waals surface area contributed by atoms with Gasteiger partial charge >= 0.3 is 0 Å². The molecule has 0 radical (unpaired) electrons. The summed E-state index contributed by atoms with van der Waals surface area (Å²) in [6, 6.07) is 8.14. The number of nitrogens with one attached hydrogen (secondary N) is 1. The van der Waals surface area contributed by atoms with Crippen LogP contribution < -0.4 is 9.62 Å². The Morgan fingerprint density at radius 2 is 1.78 bits per heavy atom. The lowest BCUT2D eigenvalue weighted by Gasteiger charge is -2.12. The maximum atomic E-state index is 11.4. The molecule has 0 aliphatic heterocycles. The minimum absolute atomic E-state index is 0.201. The lowest BCUT2D eigenvalue weighted by Crippen LogP contribution is -2.28. The van der Waals surface area contributed by atoms with Gasteiger partial charge in [-0.15, -0.1) is 0 Å². The third kappa shape index (κ3) is 5.06. The molecule has 0 fully saturated rings. The van der Waals surface area contributed by atoms with E-state index in [1.807, 2.05) is 50.2 Å². The fraction of sp³-hybridized carbons (Fsp3) is 0.538. The van der Waals surface area contributed by atoms with Gasteiger partial charge in [-0.05, 0) is 30.5 Å². The smallest absolute Gasteiger partial charge is 0.211 e. The second-order valence-electron chi connectivity index (χ2n) is 4.52. The van der Waals surface area contributed by atoms with Crippen molar-refractivity contribution in [1.29, 1.82) is 0 Å². The van der Waals surface area contributed by atoms with Crippen molar-refractivity contribution in [2.75, 3.05) is 31.3 Å². The van der Waals surface area contributed by atoms with Gasteiger partial charge in [-0.25, -0.2) is 13.1 Å². The van der Waals surface area contributed by atoms with E-state index < -0.39 is 10.0 Å². The summed E-state index contributed by atoms with van der Waals surface area (Å²) in [7, 11) is 0.906. The van der Waals surface area contributed by atoms with Crippen LogP contribution >= 0.6 is 0 Å². The Balaban J connectivity index is 2.45. The summed E-state index contributed by atoms with van der Waals surface area (Å²) in [6.45, 7) is 2.32. The maximum Gasteiger partial charge on any atom is 0.211 e. The van der Waals surface area contributed by atoms with Gasteiger partial charge in [0.2, 0.25) is 10.0 Å². The molecular weight excluding hydrogens is 248 g/mol. The third-order valence-corrected chi connectivity index (χ3v) is 4.25. The van der Waals surface area contributed by atoms with Crippen LogP contribution in [0.3, 0.4) is 0 Å². The largest absolute Gasteiger partial charge is 0.378 e. The van der Waals surface area contributed by atoms with Gasteiger partial charge in [-0.1, -0.05) is 19.1 Å². The first-order valence-corrected chi connectivity index (χ1v) is 7.83. The quantitative estimate of drug-likeness (QED) is 0.819. The topological polar surface area (TPSA) is 49.4 Å². The normalized spacial score (nSPS) is 11.5. The number of benzene rings is 1. The van der Waals surface area contributed by atoms with Crippen LogP contribution in [0.2, 0.25) is 0 Å². The molecule has 102 valence electrons. The number of anilines is 1. The molecule has 1 rings (SSSR count). The van der Waals surface area contributed by atoms with Gasteiger partial charge in [0.25, 0.3) is 0 Å². The van der Waals surface area contributed by atoms with Gasteiger partial charge in [0.05, 0.1) is 5.75 Å². The second-order valence-corrected chi connectivity index (χ2v) is 6.45. The standard InChI is InChI=1S/C13H22N2O2S/c1-4-11-18(16,17)14-10-9-12-5-7-13(8-6-12)15(2)3/h5-8,14H,4,9-11H2,1-3H3.